The van der Waals surface area contributed by atoms with Crippen molar-refractivity contribution in [3.05, 3.63) is 0 Å². The highest BCUT2D eigenvalue weighted by atomic mass is 16.6. The zero-order valence-electron chi connectivity index (χ0n) is 10.6. The van der Waals surface area contributed by atoms with E-state index in [-0.39, 0.29) is 0 Å². The number of aldehydes is 1. The fourth-order valence-corrected chi connectivity index (χ4v) is 2.42. The smallest absolute Gasteiger partial charge is 0.411 e. The van der Waals surface area contributed by atoms with Crippen molar-refractivity contribution in [2.45, 2.75) is 50.9 Å². The Morgan fingerprint density at radius 1 is 1.53 bits per heavy atom. The minimum absolute atomic E-state index is 0.432. The predicted molar refractivity (Wildman–Crippen MR) is 60.7 cm³/mol. The molecule has 2 aliphatic heterocycles. The zero-order chi connectivity index (χ0) is 12.7. The van der Waals surface area contributed by atoms with Gasteiger partial charge in [-0.1, -0.05) is 0 Å². The number of hydrogen-bond acceptors (Lipinski definition) is 4. The molecule has 1 spiro atoms. The lowest BCUT2D eigenvalue weighted by atomic mass is 9.82. The third kappa shape index (κ3) is 2.16. The molecule has 2 fully saturated rings. The SMILES string of the molecule is CC(C)(C)OC(=O)N1CC2(CCCO2)C1C=O. The largest absolute Gasteiger partial charge is 0.444 e. The number of hydrogen-bond donors (Lipinski definition) is 0. The number of amides is 1. The first kappa shape index (κ1) is 12.4. The molecule has 2 saturated heterocycles. The van der Waals surface area contributed by atoms with Crippen LogP contribution in [0.5, 0.6) is 0 Å². The van der Waals surface area contributed by atoms with Crippen LogP contribution in [0.3, 0.4) is 0 Å². The zero-order valence-corrected chi connectivity index (χ0v) is 10.6. The van der Waals surface area contributed by atoms with Crippen LogP contribution >= 0.6 is 0 Å². The first-order valence-electron chi connectivity index (χ1n) is 5.97. The molecule has 0 aromatic heterocycles. The van der Waals surface area contributed by atoms with Crippen molar-refractivity contribution in [3.8, 4) is 0 Å². The van der Waals surface area contributed by atoms with E-state index in [0.717, 1.165) is 19.1 Å². The number of carbonyl (C=O) groups is 2. The van der Waals surface area contributed by atoms with Gasteiger partial charge in [0.1, 0.15) is 23.5 Å². The summed E-state index contributed by atoms with van der Waals surface area (Å²) in [5.41, 5.74) is -0.970. The fourth-order valence-electron chi connectivity index (χ4n) is 2.42. The fraction of sp³-hybridized carbons (Fsp3) is 0.833. The summed E-state index contributed by atoms with van der Waals surface area (Å²) in [6.07, 6.45) is 2.15. The van der Waals surface area contributed by atoms with E-state index in [9.17, 15) is 9.59 Å². The van der Waals surface area contributed by atoms with Crippen LogP contribution in [0.1, 0.15) is 33.6 Å². The van der Waals surface area contributed by atoms with E-state index in [2.05, 4.69) is 0 Å². The van der Waals surface area contributed by atoms with Crippen molar-refractivity contribution in [3.63, 3.8) is 0 Å². The highest BCUT2D eigenvalue weighted by molar-refractivity contribution is 5.77. The molecule has 2 atom stereocenters. The summed E-state index contributed by atoms with van der Waals surface area (Å²) < 4.78 is 10.9. The topological polar surface area (TPSA) is 55.8 Å². The first-order valence-corrected chi connectivity index (χ1v) is 5.97. The van der Waals surface area contributed by atoms with Crippen LogP contribution in [-0.2, 0) is 14.3 Å². The van der Waals surface area contributed by atoms with Crippen LogP contribution in [0, 0.1) is 0 Å². The van der Waals surface area contributed by atoms with E-state index < -0.39 is 23.3 Å². The van der Waals surface area contributed by atoms with Gasteiger partial charge in [0.05, 0.1) is 6.54 Å². The molecule has 5 heteroatoms. The average Bonchev–Trinajstić information content (AvgIpc) is 2.62. The Kier molecular flexibility index (Phi) is 2.89. The second-order valence-corrected chi connectivity index (χ2v) is 5.71. The standard InChI is InChI=1S/C12H19NO4/c1-11(2,3)17-10(15)13-8-12(9(13)7-14)5-4-6-16-12/h7,9H,4-6,8H2,1-3H3. The molecule has 0 aromatic carbocycles. The van der Waals surface area contributed by atoms with Gasteiger partial charge in [-0.3, -0.25) is 4.90 Å². The lowest BCUT2D eigenvalue weighted by Gasteiger charge is -2.51. The number of rotatable bonds is 1. The van der Waals surface area contributed by atoms with E-state index in [1.807, 2.05) is 20.8 Å². The lowest BCUT2D eigenvalue weighted by Crippen LogP contribution is -2.71. The van der Waals surface area contributed by atoms with Gasteiger partial charge in [0.2, 0.25) is 0 Å². The summed E-state index contributed by atoms with van der Waals surface area (Å²) in [5, 5.41) is 0. The van der Waals surface area contributed by atoms with Crippen molar-refractivity contribution in [2.75, 3.05) is 13.2 Å². The summed E-state index contributed by atoms with van der Waals surface area (Å²) in [5.74, 6) is 0. The van der Waals surface area contributed by atoms with Gasteiger partial charge in [0.15, 0.2) is 0 Å². The van der Waals surface area contributed by atoms with Crippen molar-refractivity contribution in [1.82, 2.24) is 4.90 Å². The third-order valence-electron chi connectivity index (χ3n) is 3.20. The van der Waals surface area contributed by atoms with Crippen molar-refractivity contribution in [1.29, 1.82) is 0 Å². The summed E-state index contributed by atoms with van der Waals surface area (Å²) in [6.45, 7) is 6.56. The van der Waals surface area contributed by atoms with Gasteiger partial charge in [-0.05, 0) is 33.6 Å². The number of carbonyl (C=O) groups excluding carboxylic acids is 2. The first-order chi connectivity index (χ1) is 7.88. The summed E-state index contributed by atoms with van der Waals surface area (Å²) >= 11 is 0. The minimum atomic E-state index is -0.538. The van der Waals surface area contributed by atoms with E-state index in [4.69, 9.17) is 9.47 Å². The quantitative estimate of drug-likeness (QED) is 0.650. The predicted octanol–water partition coefficient (Wildman–Crippen LogP) is 1.35. The van der Waals surface area contributed by atoms with Crippen LogP contribution in [0.2, 0.25) is 0 Å². The van der Waals surface area contributed by atoms with Gasteiger partial charge < -0.3 is 14.3 Å². The maximum atomic E-state index is 11.8. The van der Waals surface area contributed by atoms with Crippen LogP contribution in [0.4, 0.5) is 4.79 Å². The number of likely N-dealkylation sites (tertiary alicyclic amines) is 1. The average molecular weight is 241 g/mol. The maximum absolute atomic E-state index is 11.8. The second kappa shape index (κ2) is 3.98. The molecule has 0 bridgehead atoms. The van der Waals surface area contributed by atoms with Gasteiger partial charge >= 0.3 is 6.09 Å². The molecule has 0 N–H and O–H groups in total. The molecule has 17 heavy (non-hydrogen) atoms. The Morgan fingerprint density at radius 2 is 2.24 bits per heavy atom. The Hall–Kier alpha value is -1.10. The second-order valence-electron chi connectivity index (χ2n) is 5.71. The molecule has 2 heterocycles. The molecule has 2 rings (SSSR count). The molecule has 0 aromatic rings. The van der Waals surface area contributed by atoms with Gasteiger partial charge in [0, 0.05) is 6.61 Å². The Labute approximate surface area is 101 Å². The summed E-state index contributed by atoms with van der Waals surface area (Å²) in [4.78, 5) is 24.4. The Morgan fingerprint density at radius 3 is 2.71 bits per heavy atom. The molecular weight excluding hydrogens is 222 g/mol. The molecule has 0 aliphatic carbocycles. The molecule has 0 saturated carbocycles. The van der Waals surface area contributed by atoms with Gasteiger partial charge in [-0.15, -0.1) is 0 Å². The molecule has 1 amide bonds. The summed E-state index contributed by atoms with van der Waals surface area (Å²) in [7, 11) is 0. The van der Waals surface area contributed by atoms with Crippen LogP contribution in [0.25, 0.3) is 0 Å². The molecule has 96 valence electrons. The Bertz CT molecular complexity index is 328. The number of ether oxygens (including phenoxy) is 2. The normalized spacial score (nSPS) is 32.4. The van der Waals surface area contributed by atoms with Crippen LogP contribution < -0.4 is 0 Å². The van der Waals surface area contributed by atoms with Gasteiger partial charge in [-0.25, -0.2) is 4.79 Å². The highest BCUT2D eigenvalue weighted by Gasteiger charge is 2.58. The van der Waals surface area contributed by atoms with E-state index in [1.165, 1.54) is 4.90 Å². The van der Waals surface area contributed by atoms with Crippen molar-refractivity contribution < 1.29 is 19.1 Å². The Balaban J connectivity index is 2.00. The monoisotopic (exact) mass is 241 g/mol. The van der Waals surface area contributed by atoms with Crippen LogP contribution in [-0.4, -0.2) is 47.7 Å². The molecule has 2 aliphatic rings. The highest BCUT2D eigenvalue weighted by Crippen LogP contribution is 2.40. The van der Waals surface area contributed by atoms with E-state index in [0.29, 0.717) is 13.2 Å². The van der Waals surface area contributed by atoms with Crippen molar-refractivity contribution >= 4 is 12.4 Å². The van der Waals surface area contributed by atoms with Gasteiger partial charge in [-0.2, -0.15) is 0 Å². The summed E-state index contributed by atoms with van der Waals surface area (Å²) in [6, 6.07) is -0.486. The third-order valence-corrected chi connectivity index (χ3v) is 3.20. The minimum Gasteiger partial charge on any atom is -0.444 e. The van der Waals surface area contributed by atoms with E-state index >= 15 is 0 Å². The van der Waals surface area contributed by atoms with Crippen LogP contribution in [0.15, 0.2) is 0 Å². The van der Waals surface area contributed by atoms with E-state index in [1.54, 1.807) is 0 Å². The molecular formula is C12H19NO4. The van der Waals surface area contributed by atoms with Gasteiger partial charge in [0.25, 0.3) is 0 Å². The molecule has 5 nitrogen and oxygen atoms in total. The maximum Gasteiger partial charge on any atom is 0.411 e. The molecule has 0 radical (unpaired) electrons. The molecule has 2 unspecified atom stereocenters. The lowest BCUT2D eigenvalue weighted by molar-refractivity contribution is -0.160. The van der Waals surface area contributed by atoms with Crippen molar-refractivity contribution in [2.24, 2.45) is 0 Å². The number of nitrogens with zero attached hydrogens (tertiary/aromatic N) is 1.